The number of pyridine rings is 1. The topological polar surface area (TPSA) is 106 Å². The number of benzene rings is 2. The number of nitrogens with one attached hydrogen (secondary N) is 1. The fourth-order valence-electron chi connectivity index (χ4n) is 4.47. The number of nitrogen functional groups attached to an aromatic ring is 1. The average molecular weight is 521 g/mol. The van der Waals surface area contributed by atoms with Crippen molar-refractivity contribution in [2.45, 2.75) is 26.1 Å². The van der Waals surface area contributed by atoms with Crippen LogP contribution in [0.1, 0.15) is 32.7 Å². The molecule has 1 aliphatic heterocycles. The first-order valence-electron chi connectivity index (χ1n) is 11.8. The number of carbonyl (C=O) groups is 1. The summed E-state index contributed by atoms with van der Waals surface area (Å²) in [6.45, 7) is 2.96. The maximum Gasteiger partial charge on any atom is 0.416 e. The normalized spacial score (nSPS) is 13.2. The van der Waals surface area contributed by atoms with E-state index < -0.39 is 17.6 Å². The third-order valence-corrected chi connectivity index (χ3v) is 6.39. The smallest absolute Gasteiger partial charge is 0.368 e. The fraction of sp³-hybridized carbons (Fsp3) is 0.185. The minimum absolute atomic E-state index is 0.112. The molecule has 0 aliphatic carbocycles. The number of fused-ring (bicyclic) bond motifs is 1. The number of nitrogens with two attached hydrogens (primary N) is 1. The maximum atomic E-state index is 13.5. The van der Waals surface area contributed by atoms with E-state index >= 15 is 0 Å². The number of carbonyl (C=O) groups excluding carboxylic acids is 1. The van der Waals surface area contributed by atoms with Crippen LogP contribution in [0.2, 0.25) is 0 Å². The molecule has 0 saturated carbocycles. The van der Waals surface area contributed by atoms with Crippen LogP contribution >= 0.6 is 0 Å². The Labute approximate surface area is 215 Å². The summed E-state index contributed by atoms with van der Waals surface area (Å²) >= 11 is 0. The highest BCUT2D eigenvalue weighted by Gasteiger charge is 2.31. The number of hydrogen-bond donors (Lipinski definition) is 2. The second kappa shape index (κ2) is 9.66. The van der Waals surface area contributed by atoms with E-state index in [1.807, 2.05) is 17.9 Å². The van der Waals surface area contributed by atoms with Gasteiger partial charge in [-0.25, -0.2) is 9.97 Å². The summed E-state index contributed by atoms with van der Waals surface area (Å²) in [5.41, 5.74) is 8.62. The zero-order valence-corrected chi connectivity index (χ0v) is 20.3. The van der Waals surface area contributed by atoms with Gasteiger partial charge in [0.2, 0.25) is 5.95 Å². The minimum Gasteiger partial charge on any atom is -0.368 e. The molecule has 5 rings (SSSR count). The number of alkyl halides is 3. The van der Waals surface area contributed by atoms with E-state index in [2.05, 4.69) is 15.3 Å². The molecule has 0 saturated heterocycles. The van der Waals surface area contributed by atoms with E-state index in [1.165, 1.54) is 16.7 Å². The third kappa shape index (κ3) is 4.95. The number of halogens is 3. The van der Waals surface area contributed by atoms with Gasteiger partial charge in [-0.15, -0.1) is 0 Å². The molecule has 3 N–H and O–H groups in total. The summed E-state index contributed by atoms with van der Waals surface area (Å²) in [6.07, 6.45) is -0.542. The average Bonchev–Trinajstić information content (AvgIpc) is 2.89. The quantitative estimate of drug-likeness (QED) is 0.415. The molecule has 2 aromatic heterocycles. The zero-order chi connectivity index (χ0) is 27.0. The van der Waals surface area contributed by atoms with Crippen LogP contribution in [0.3, 0.4) is 0 Å². The van der Waals surface area contributed by atoms with Gasteiger partial charge >= 0.3 is 6.18 Å². The number of rotatable bonds is 4. The Morgan fingerprint density at radius 2 is 1.87 bits per heavy atom. The molecule has 0 unspecified atom stereocenters. The molecular formula is C27H23F3N6O2. The second-order valence-electron chi connectivity index (χ2n) is 8.97. The number of aromatic nitrogens is 3. The number of amides is 1. The van der Waals surface area contributed by atoms with Gasteiger partial charge in [-0.3, -0.25) is 14.2 Å². The van der Waals surface area contributed by atoms with Crippen LogP contribution in [0.25, 0.3) is 5.69 Å². The predicted molar refractivity (Wildman–Crippen MR) is 137 cm³/mol. The summed E-state index contributed by atoms with van der Waals surface area (Å²) in [7, 11) is 0. The van der Waals surface area contributed by atoms with E-state index in [9.17, 15) is 22.8 Å². The van der Waals surface area contributed by atoms with E-state index in [0.717, 1.165) is 29.0 Å². The van der Waals surface area contributed by atoms with Gasteiger partial charge < -0.3 is 16.0 Å². The van der Waals surface area contributed by atoms with E-state index in [4.69, 9.17) is 5.73 Å². The summed E-state index contributed by atoms with van der Waals surface area (Å²) < 4.78 is 40.4. The molecule has 0 atom stereocenters. The van der Waals surface area contributed by atoms with Crippen LogP contribution in [-0.4, -0.2) is 27.0 Å². The molecule has 1 aliphatic rings. The van der Waals surface area contributed by atoms with Crippen molar-refractivity contribution in [3.63, 3.8) is 0 Å². The largest absolute Gasteiger partial charge is 0.416 e. The van der Waals surface area contributed by atoms with Crippen molar-refractivity contribution in [1.82, 2.24) is 14.5 Å². The summed E-state index contributed by atoms with van der Waals surface area (Å²) in [6, 6.07) is 12.6. The van der Waals surface area contributed by atoms with Crippen LogP contribution in [0.15, 0.2) is 71.8 Å². The van der Waals surface area contributed by atoms with Crippen molar-refractivity contribution in [2.24, 2.45) is 0 Å². The molecule has 3 heterocycles. The molecule has 0 spiro atoms. The number of aryl methyl sites for hydroxylation is 1. The maximum absolute atomic E-state index is 13.5. The Balaban J connectivity index is 1.37. The first kappa shape index (κ1) is 25.0. The highest BCUT2D eigenvalue weighted by atomic mass is 19.4. The Morgan fingerprint density at radius 3 is 2.61 bits per heavy atom. The molecule has 0 bridgehead atoms. The predicted octanol–water partition coefficient (Wildman–Crippen LogP) is 4.35. The van der Waals surface area contributed by atoms with E-state index in [0.29, 0.717) is 36.6 Å². The molecule has 2 aromatic carbocycles. The molecule has 0 fully saturated rings. The lowest BCUT2D eigenvalue weighted by Crippen LogP contribution is -2.37. The number of hydrogen-bond acceptors (Lipinski definition) is 6. The lowest BCUT2D eigenvalue weighted by atomic mass is 10.1. The van der Waals surface area contributed by atoms with Crippen molar-refractivity contribution < 1.29 is 18.0 Å². The first-order valence-corrected chi connectivity index (χ1v) is 11.8. The molecule has 0 radical (unpaired) electrons. The molecule has 8 nitrogen and oxygen atoms in total. The van der Waals surface area contributed by atoms with Crippen molar-refractivity contribution in [2.75, 3.05) is 22.5 Å². The molecule has 194 valence electrons. The molecule has 38 heavy (non-hydrogen) atoms. The van der Waals surface area contributed by atoms with Crippen molar-refractivity contribution in [3.8, 4) is 5.69 Å². The second-order valence-corrected chi connectivity index (χ2v) is 8.97. The van der Waals surface area contributed by atoms with Gasteiger partial charge in [0, 0.05) is 54.4 Å². The van der Waals surface area contributed by atoms with E-state index in [-0.39, 0.29) is 17.1 Å². The minimum atomic E-state index is -4.54. The van der Waals surface area contributed by atoms with Crippen molar-refractivity contribution >= 4 is 23.2 Å². The Bertz CT molecular complexity index is 1580. The summed E-state index contributed by atoms with van der Waals surface area (Å²) in [5.74, 6) is -0.445. The third-order valence-electron chi connectivity index (χ3n) is 6.39. The zero-order valence-electron chi connectivity index (χ0n) is 20.3. The van der Waals surface area contributed by atoms with Crippen LogP contribution < -0.4 is 21.5 Å². The molecule has 1 amide bonds. The van der Waals surface area contributed by atoms with Gasteiger partial charge in [0.15, 0.2) is 0 Å². The molecule has 4 aromatic rings. The fourth-order valence-corrected chi connectivity index (χ4v) is 4.47. The highest BCUT2D eigenvalue weighted by molar-refractivity contribution is 6.04. The lowest BCUT2D eigenvalue weighted by molar-refractivity contribution is -0.137. The lowest BCUT2D eigenvalue weighted by Gasteiger charge is -2.30. The van der Waals surface area contributed by atoms with Crippen LogP contribution in [0.5, 0.6) is 0 Å². The number of nitrogens with zero attached hydrogens (tertiary/aromatic N) is 4. The van der Waals surface area contributed by atoms with Gasteiger partial charge in [-0.1, -0.05) is 6.07 Å². The molecule has 11 heteroatoms. The van der Waals surface area contributed by atoms with Gasteiger partial charge in [-0.2, -0.15) is 13.2 Å². The monoisotopic (exact) mass is 520 g/mol. The first-order chi connectivity index (χ1) is 18.1. The SMILES string of the molecule is Cc1ccn(-c2ccc(NC(=O)c3cccc(C(F)(F)F)c3)cc2)c(=O)c1N1CCc2nc(N)ncc2C1. The van der Waals surface area contributed by atoms with Crippen molar-refractivity contribution in [1.29, 1.82) is 0 Å². The van der Waals surface area contributed by atoms with Crippen molar-refractivity contribution in [3.05, 3.63) is 105 Å². The van der Waals surface area contributed by atoms with Gasteiger partial charge in [0.25, 0.3) is 11.5 Å². The summed E-state index contributed by atoms with van der Waals surface area (Å²) in [5, 5.41) is 2.59. The highest BCUT2D eigenvalue weighted by Crippen LogP contribution is 2.30. The summed E-state index contributed by atoms with van der Waals surface area (Å²) in [4.78, 5) is 36.4. The van der Waals surface area contributed by atoms with Crippen LogP contribution in [-0.2, 0) is 19.1 Å². The van der Waals surface area contributed by atoms with E-state index in [1.54, 1.807) is 36.7 Å². The standard InChI is InChI=1S/C27H23F3N6O2/c1-16-9-12-36(25(38)23(16)35-11-10-22-18(15-35)14-32-26(31)34-22)21-7-5-20(6-8-21)33-24(37)17-3-2-4-19(13-17)27(28,29)30/h2-9,12-14H,10-11,15H2,1H3,(H,33,37)(H2,31,32,34). The Kier molecular flexibility index (Phi) is 6.35. The van der Waals surface area contributed by atoms with Gasteiger partial charge in [-0.05, 0) is 61.0 Å². The molecular weight excluding hydrogens is 497 g/mol. The number of anilines is 3. The van der Waals surface area contributed by atoms with Gasteiger partial charge in [0.1, 0.15) is 5.69 Å². The van der Waals surface area contributed by atoms with Crippen LogP contribution in [0, 0.1) is 6.92 Å². The Morgan fingerprint density at radius 1 is 1.11 bits per heavy atom. The Hall–Kier alpha value is -4.67. The van der Waals surface area contributed by atoms with Crippen LogP contribution in [0.4, 0.5) is 30.5 Å². The van der Waals surface area contributed by atoms with Gasteiger partial charge in [0.05, 0.1) is 11.3 Å².